The van der Waals surface area contributed by atoms with E-state index in [1.165, 1.54) is 11.1 Å². The lowest BCUT2D eigenvalue weighted by Gasteiger charge is -2.09. The molecule has 1 aromatic carbocycles. The lowest BCUT2D eigenvalue weighted by Crippen LogP contribution is -2.21. The number of nitrogens with zero attached hydrogens (tertiary/aromatic N) is 3. The van der Waals surface area contributed by atoms with Crippen molar-refractivity contribution in [3.05, 3.63) is 41.5 Å². The predicted molar refractivity (Wildman–Crippen MR) is 71.9 cm³/mol. The highest BCUT2D eigenvalue weighted by Crippen LogP contribution is 2.29. The monoisotopic (exact) mass is 258 g/mol. The molecule has 5 nitrogen and oxygen atoms in total. The number of ether oxygens (including phenoxy) is 1. The number of fused-ring (bicyclic) bond motifs is 1. The third-order valence-corrected chi connectivity index (χ3v) is 3.31. The molecule has 2 heterocycles. The Hall–Kier alpha value is -1.88. The molecule has 19 heavy (non-hydrogen) atoms. The Bertz CT molecular complexity index is 591. The van der Waals surface area contributed by atoms with Crippen molar-refractivity contribution >= 4 is 0 Å². The van der Waals surface area contributed by atoms with Crippen molar-refractivity contribution in [2.24, 2.45) is 5.73 Å². The van der Waals surface area contributed by atoms with Crippen LogP contribution in [0.1, 0.15) is 29.9 Å². The molecule has 1 aliphatic heterocycles. The van der Waals surface area contributed by atoms with Gasteiger partial charge in [0.2, 0.25) is 0 Å². The molecule has 0 fully saturated rings. The Morgan fingerprint density at radius 2 is 2.37 bits per heavy atom. The minimum Gasteiger partial charge on any atom is -0.488 e. The molecule has 1 aromatic heterocycles. The molecule has 0 saturated heterocycles. The largest absolute Gasteiger partial charge is 0.488 e. The van der Waals surface area contributed by atoms with Crippen molar-refractivity contribution in [2.45, 2.75) is 39.0 Å². The number of benzene rings is 1. The first-order valence-electron chi connectivity index (χ1n) is 6.53. The zero-order valence-electron chi connectivity index (χ0n) is 11.2. The van der Waals surface area contributed by atoms with E-state index in [-0.39, 0.29) is 12.1 Å². The van der Waals surface area contributed by atoms with Crippen molar-refractivity contribution in [2.75, 3.05) is 0 Å². The lowest BCUT2D eigenvalue weighted by molar-refractivity contribution is 0.203. The van der Waals surface area contributed by atoms with Crippen molar-refractivity contribution in [3.8, 4) is 5.75 Å². The van der Waals surface area contributed by atoms with E-state index in [0.717, 1.165) is 12.2 Å². The molecule has 2 aromatic rings. The first kappa shape index (κ1) is 12.2. The van der Waals surface area contributed by atoms with E-state index in [2.05, 4.69) is 29.1 Å². The van der Waals surface area contributed by atoms with Gasteiger partial charge in [0.25, 0.3) is 0 Å². The van der Waals surface area contributed by atoms with E-state index >= 15 is 0 Å². The Morgan fingerprint density at radius 1 is 1.53 bits per heavy atom. The highest BCUT2D eigenvalue weighted by molar-refractivity contribution is 5.40. The summed E-state index contributed by atoms with van der Waals surface area (Å²) in [7, 11) is 0. The van der Waals surface area contributed by atoms with E-state index in [1.54, 1.807) is 6.33 Å². The van der Waals surface area contributed by atoms with Gasteiger partial charge in [0.15, 0.2) is 5.82 Å². The normalized spacial score (nSPS) is 19.0. The summed E-state index contributed by atoms with van der Waals surface area (Å²) >= 11 is 0. The maximum absolute atomic E-state index is 5.92. The molecule has 3 rings (SSSR count). The van der Waals surface area contributed by atoms with Gasteiger partial charge >= 0.3 is 0 Å². The molecule has 0 aliphatic carbocycles. The molecule has 0 saturated carbocycles. The van der Waals surface area contributed by atoms with Gasteiger partial charge in [-0.05, 0) is 25.5 Å². The number of aromatic nitrogens is 3. The van der Waals surface area contributed by atoms with E-state index in [1.807, 2.05) is 17.7 Å². The van der Waals surface area contributed by atoms with E-state index in [9.17, 15) is 0 Å². The van der Waals surface area contributed by atoms with Gasteiger partial charge in [0.1, 0.15) is 18.2 Å². The number of hydrogen-bond acceptors (Lipinski definition) is 4. The van der Waals surface area contributed by atoms with Crippen LogP contribution in [0.25, 0.3) is 0 Å². The molecular formula is C14H18N4O. The van der Waals surface area contributed by atoms with Crippen LogP contribution in [0.3, 0.4) is 0 Å². The zero-order valence-corrected chi connectivity index (χ0v) is 11.2. The van der Waals surface area contributed by atoms with Crippen LogP contribution >= 0.6 is 0 Å². The Balaban J connectivity index is 1.69. The van der Waals surface area contributed by atoms with Crippen LogP contribution in [0.15, 0.2) is 24.5 Å². The van der Waals surface area contributed by atoms with Gasteiger partial charge in [-0.25, -0.2) is 9.67 Å². The molecule has 2 atom stereocenters. The highest BCUT2D eigenvalue weighted by atomic mass is 16.5. The number of nitrogens with two attached hydrogens (primary N) is 1. The second-order valence-corrected chi connectivity index (χ2v) is 5.17. The van der Waals surface area contributed by atoms with Gasteiger partial charge in [-0.2, -0.15) is 5.10 Å². The fraction of sp³-hybridized carbons (Fsp3) is 0.429. The Labute approximate surface area is 112 Å². The second-order valence-electron chi connectivity index (χ2n) is 5.17. The van der Waals surface area contributed by atoms with Gasteiger partial charge in [-0.15, -0.1) is 0 Å². The average Bonchev–Trinajstić information content (AvgIpc) is 2.95. The van der Waals surface area contributed by atoms with Gasteiger partial charge in [-0.1, -0.05) is 17.7 Å². The minimum absolute atomic E-state index is 0.124. The van der Waals surface area contributed by atoms with Gasteiger partial charge in [0.05, 0.1) is 12.6 Å². The van der Waals surface area contributed by atoms with Crippen LogP contribution < -0.4 is 10.5 Å². The van der Waals surface area contributed by atoms with E-state index in [4.69, 9.17) is 10.5 Å². The Kier molecular flexibility index (Phi) is 2.98. The van der Waals surface area contributed by atoms with Crippen LogP contribution in [0.4, 0.5) is 0 Å². The molecule has 0 spiro atoms. The number of aryl methyl sites for hydroxylation is 1. The van der Waals surface area contributed by atoms with Crippen LogP contribution in [-0.4, -0.2) is 20.9 Å². The van der Waals surface area contributed by atoms with Gasteiger partial charge in [0, 0.05) is 6.42 Å². The van der Waals surface area contributed by atoms with Crippen molar-refractivity contribution < 1.29 is 4.74 Å². The predicted octanol–water partition coefficient (Wildman–Crippen LogP) is 1.61. The van der Waals surface area contributed by atoms with Crippen LogP contribution in [0, 0.1) is 6.92 Å². The van der Waals surface area contributed by atoms with Crippen molar-refractivity contribution in [3.63, 3.8) is 0 Å². The van der Waals surface area contributed by atoms with Crippen LogP contribution in [-0.2, 0) is 13.0 Å². The second kappa shape index (κ2) is 4.66. The topological polar surface area (TPSA) is 66.0 Å². The zero-order chi connectivity index (χ0) is 13.4. The summed E-state index contributed by atoms with van der Waals surface area (Å²) in [6, 6.07) is 6.17. The molecule has 0 amide bonds. The average molecular weight is 258 g/mol. The molecule has 2 unspecified atom stereocenters. The van der Waals surface area contributed by atoms with Gasteiger partial charge < -0.3 is 10.5 Å². The summed E-state index contributed by atoms with van der Waals surface area (Å²) in [6.07, 6.45) is 2.76. The smallest absolute Gasteiger partial charge is 0.166 e. The molecule has 5 heteroatoms. The summed E-state index contributed by atoms with van der Waals surface area (Å²) in [5.41, 5.74) is 8.29. The number of hydrogen-bond donors (Lipinski definition) is 1. The fourth-order valence-electron chi connectivity index (χ4n) is 2.37. The first-order valence-corrected chi connectivity index (χ1v) is 6.53. The highest BCUT2D eigenvalue weighted by Gasteiger charge is 2.23. The molecule has 0 bridgehead atoms. The van der Waals surface area contributed by atoms with Crippen molar-refractivity contribution in [1.82, 2.24) is 14.8 Å². The van der Waals surface area contributed by atoms with E-state index in [0.29, 0.717) is 12.4 Å². The Morgan fingerprint density at radius 3 is 3.11 bits per heavy atom. The third kappa shape index (κ3) is 2.46. The SMILES string of the molecule is Cc1ccc2c(c1)CC(Cn1cnc(C(C)N)n1)O2. The van der Waals surface area contributed by atoms with E-state index < -0.39 is 0 Å². The quantitative estimate of drug-likeness (QED) is 0.908. The molecule has 1 aliphatic rings. The summed E-state index contributed by atoms with van der Waals surface area (Å²) in [4.78, 5) is 4.19. The molecule has 0 radical (unpaired) electrons. The molecule has 2 N–H and O–H groups in total. The molecule has 100 valence electrons. The summed E-state index contributed by atoms with van der Waals surface area (Å²) in [5, 5.41) is 4.35. The maximum Gasteiger partial charge on any atom is 0.166 e. The minimum atomic E-state index is -0.134. The first-order chi connectivity index (χ1) is 9.11. The third-order valence-electron chi connectivity index (χ3n) is 3.31. The van der Waals surface area contributed by atoms with Crippen LogP contribution in [0.2, 0.25) is 0 Å². The van der Waals surface area contributed by atoms with Crippen molar-refractivity contribution in [1.29, 1.82) is 0 Å². The summed E-state index contributed by atoms with van der Waals surface area (Å²) in [6.45, 7) is 4.68. The lowest BCUT2D eigenvalue weighted by atomic mass is 10.1. The fourth-order valence-corrected chi connectivity index (χ4v) is 2.37. The summed E-state index contributed by atoms with van der Waals surface area (Å²) < 4.78 is 7.72. The standard InChI is InChI=1S/C14H18N4O/c1-9-3-4-13-11(5-9)6-12(19-13)7-18-8-16-14(17-18)10(2)15/h3-5,8,10,12H,6-7,15H2,1-2H3. The summed E-state index contributed by atoms with van der Waals surface area (Å²) in [5.74, 6) is 1.66. The number of rotatable bonds is 3. The van der Waals surface area contributed by atoms with Crippen LogP contribution in [0.5, 0.6) is 5.75 Å². The molecular weight excluding hydrogens is 240 g/mol. The van der Waals surface area contributed by atoms with Gasteiger partial charge in [-0.3, -0.25) is 0 Å². The maximum atomic E-state index is 5.92.